The predicted octanol–water partition coefficient (Wildman–Crippen LogP) is 1.60. The Bertz CT molecular complexity index is 753. The molecule has 1 aliphatic rings. The Kier molecular flexibility index (Phi) is 3.09. The molecule has 0 saturated heterocycles. The minimum absolute atomic E-state index is 0.136. The number of fused-ring (bicyclic) bond motifs is 1. The van der Waals surface area contributed by atoms with Crippen molar-refractivity contribution in [2.75, 3.05) is 6.61 Å². The molecule has 1 aliphatic heterocycles. The van der Waals surface area contributed by atoms with Crippen LogP contribution in [0.2, 0.25) is 0 Å². The van der Waals surface area contributed by atoms with Gasteiger partial charge in [0.2, 0.25) is 0 Å². The molecule has 2 aromatic rings. The molecule has 5 heteroatoms. The van der Waals surface area contributed by atoms with Gasteiger partial charge in [-0.3, -0.25) is 5.41 Å². The molecule has 0 saturated carbocycles. The largest absolute Gasteiger partial charge is 0.375 e. The molecule has 5 nitrogen and oxygen atoms in total. The fraction of sp³-hybridized carbons (Fsp3) is 0.267. The highest BCUT2D eigenvalue weighted by atomic mass is 16.5. The quantitative estimate of drug-likeness (QED) is 0.852. The minimum atomic E-state index is 0.136. The van der Waals surface area contributed by atoms with Crippen LogP contribution in [0.1, 0.15) is 22.4 Å². The summed E-state index contributed by atoms with van der Waals surface area (Å²) in [5.41, 5.74) is 4.07. The molecule has 3 rings (SSSR count). The van der Waals surface area contributed by atoms with Crippen LogP contribution in [0.4, 0.5) is 0 Å². The van der Waals surface area contributed by atoms with Crippen LogP contribution in [0, 0.1) is 23.7 Å². The smallest absolute Gasteiger partial charge is 0.164 e. The van der Waals surface area contributed by atoms with E-state index in [2.05, 4.69) is 11.2 Å². The molecule has 0 amide bonds. The standard InChI is InChI=1S/C15H14N4O/c1-10-2-4-11(5-3-10)19-15(17)13(8-16)12-6-7-20-9-14(12)18-19/h2-5,17H,6-7,9H2,1H3. The van der Waals surface area contributed by atoms with Crippen molar-refractivity contribution in [2.24, 2.45) is 0 Å². The summed E-state index contributed by atoms with van der Waals surface area (Å²) in [6.07, 6.45) is 0.645. The molecule has 0 bridgehead atoms. The Morgan fingerprint density at radius 3 is 2.80 bits per heavy atom. The number of nitriles is 1. The van der Waals surface area contributed by atoms with E-state index in [0.717, 1.165) is 22.5 Å². The van der Waals surface area contributed by atoms with E-state index < -0.39 is 0 Å². The molecule has 2 heterocycles. The van der Waals surface area contributed by atoms with Crippen molar-refractivity contribution < 1.29 is 4.74 Å². The first-order chi connectivity index (χ1) is 9.70. The Morgan fingerprint density at radius 1 is 1.35 bits per heavy atom. The van der Waals surface area contributed by atoms with Crippen molar-refractivity contribution in [3.8, 4) is 11.8 Å². The van der Waals surface area contributed by atoms with Gasteiger partial charge in [-0.25, -0.2) is 4.68 Å². The third kappa shape index (κ3) is 2.00. The number of rotatable bonds is 1. The summed E-state index contributed by atoms with van der Waals surface area (Å²) in [4.78, 5) is 0. The molecule has 20 heavy (non-hydrogen) atoms. The van der Waals surface area contributed by atoms with Crippen molar-refractivity contribution >= 4 is 0 Å². The Balaban J connectivity index is 2.24. The lowest BCUT2D eigenvalue weighted by molar-refractivity contribution is 0.105. The second kappa shape index (κ2) is 4.91. The maximum absolute atomic E-state index is 9.34. The van der Waals surface area contributed by atoms with Crippen LogP contribution in [0.15, 0.2) is 24.3 Å². The Labute approximate surface area is 116 Å². The summed E-state index contributed by atoms with van der Waals surface area (Å²) in [6, 6.07) is 9.87. The van der Waals surface area contributed by atoms with Crippen LogP contribution in [-0.4, -0.2) is 16.4 Å². The van der Waals surface area contributed by atoms with E-state index in [1.165, 1.54) is 4.68 Å². The average molecular weight is 266 g/mol. The van der Waals surface area contributed by atoms with Gasteiger partial charge in [0.15, 0.2) is 5.49 Å². The van der Waals surface area contributed by atoms with Gasteiger partial charge in [0, 0.05) is 5.56 Å². The highest BCUT2D eigenvalue weighted by molar-refractivity contribution is 5.41. The fourth-order valence-electron chi connectivity index (χ4n) is 2.35. The van der Waals surface area contributed by atoms with Crippen LogP contribution in [0.3, 0.4) is 0 Å². The zero-order valence-electron chi connectivity index (χ0n) is 11.2. The van der Waals surface area contributed by atoms with Gasteiger partial charge in [-0.05, 0) is 25.5 Å². The predicted molar refractivity (Wildman–Crippen MR) is 72.2 cm³/mol. The highest BCUT2D eigenvalue weighted by Crippen LogP contribution is 2.17. The third-order valence-corrected chi connectivity index (χ3v) is 3.44. The summed E-state index contributed by atoms with van der Waals surface area (Å²) in [7, 11) is 0. The summed E-state index contributed by atoms with van der Waals surface area (Å²) in [6.45, 7) is 2.98. The van der Waals surface area contributed by atoms with Crippen LogP contribution in [0.5, 0.6) is 0 Å². The lowest BCUT2D eigenvalue weighted by Crippen LogP contribution is -2.30. The van der Waals surface area contributed by atoms with Crippen LogP contribution in [0.25, 0.3) is 5.69 Å². The van der Waals surface area contributed by atoms with E-state index in [0.29, 0.717) is 25.2 Å². The van der Waals surface area contributed by atoms with Gasteiger partial charge in [-0.2, -0.15) is 10.4 Å². The van der Waals surface area contributed by atoms with E-state index in [1.807, 2.05) is 31.2 Å². The third-order valence-electron chi connectivity index (χ3n) is 3.44. The number of aromatic nitrogens is 2. The molecule has 0 radical (unpaired) electrons. The number of benzene rings is 1. The lowest BCUT2D eigenvalue weighted by Gasteiger charge is -2.19. The Hall–Kier alpha value is -2.45. The van der Waals surface area contributed by atoms with Crippen LogP contribution < -0.4 is 5.49 Å². The highest BCUT2D eigenvalue weighted by Gasteiger charge is 2.19. The molecule has 0 atom stereocenters. The first-order valence-corrected chi connectivity index (χ1v) is 6.45. The lowest BCUT2D eigenvalue weighted by atomic mass is 10.0. The zero-order valence-corrected chi connectivity index (χ0v) is 11.2. The molecule has 0 aliphatic carbocycles. The fourth-order valence-corrected chi connectivity index (χ4v) is 2.35. The summed E-state index contributed by atoms with van der Waals surface area (Å²) in [5, 5.41) is 22.0. The molecule has 1 N–H and O–H groups in total. The van der Waals surface area contributed by atoms with Crippen LogP contribution in [-0.2, 0) is 17.8 Å². The first-order valence-electron chi connectivity index (χ1n) is 6.45. The van der Waals surface area contributed by atoms with Crippen molar-refractivity contribution in [2.45, 2.75) is 20.0 Å². The number of hydrogen-bond acceptors (Lipinski definition) is 4. The number of ether oxygens (including phenoxy) is 1. The molecule has 100 valence electrons. The first kappa shape index (κ1) is 12.6. The summed E-state index contributed by atoms with van der Waals surface area (Å²) in [5.74, 6) is 0. The number of nitrogens with zero attached hydrogens (tertiary/aromatic N) is 3. The number of hydrogen-bond donors (Lipinski definition) is 1. The van der Waals surface area contributed by atoms with E-state index in [4.69, 9.17) is 10.1 Å². The van der Waals surface area contributed by atoms with Gasteiger partial charge in [-0.1, -0.05) is 17.7 Å². The van der Waals surface area contributed by atoms with Gasteiger partial charge in [-0.15, -0.1) is 0 Å². The molecule has 1 aromatic heterocycles. The van der Waals surface area contributed by atoms with Gasteiger partial charge in [0.1, 0.15) is 11.6 Å². The molecule has 0 unspecified atom stereocenters. The number of aryl methyl sites for hydroxylation is 1. The Morgan fingerprint density at radius 2 is 2.10 bits per heavy atom. The maximum Gasteiger partial charge on any atom is 0.164 e. The van der Waals surface area contributed by atoms with Gasteiger partial charge in [0.25, 0.3) is 0 Å². The average Bonchev–Trinajstić information content (AvgIpc) is 2.48. The molecule has 1 aromatic carbocycles. The minimum Gasteiger partial charge on any atom is -0.375 e. The molecule has 0 fully saturated rings. The molecular formula is C15H14N4O. The van der Waals surface area contributed by atoms with Gasteiger partial charge in [0.05, 0.1) is 24.6 Å². The maximum atomic E-state index is 9.34. The van der Waals surface area contributed by atoms with Crippen molar-refractivity contribution in [3.05, 3.63) is 52.1 Å². The van der Waals surface area contributed by atoms with E-state index >= 15 is 0 Å². The molecular weight excluding hydrogens is 252 g/mol. The van der Waals surface area contributed by atoms with Crippen molar-refractivity contribution in [3.63, 3.8) is 0 Å². The second-order valence-electron chi connectivity index (χ2n) is 4.81. The second-order valence-corrected chi connectivity index (χ2v) is 4.81. The van der Waals surface area contributed by atoms with Crippen molar-refractivity contribution in [1.82, 2.24) is 9.78 Å². The van der Waals surface area contributed by atoms with E-state index in [9.17, 15) is 5.26 Å². The van der Waals surface area contributed by atoms with E-state index in [1.54, 1.807) is 0 Å². The monoisotopic (exact) mass is 266 g/mol. The van der Waals surface area contributed by atoms with Gasteiger partial charge < -0.3 is 4.74 Å². The number of nitrogens with one attached hydrogen (secondary N) is 1. The van der Waals surface area contributed by atoms with Crippen molar-refractivity contribution in [1.29, 1.82) is 10.7 Å². The van der Waals surface area contributed by atoms with Crippen LogP contribution >= 0.6 is 0 Å². The topological polar surface area (TPSA) is 74.7 Å². The van der Waals surface area contributed by atoms with Gasteiger partial charge >= 0.3 is 0 Å². The zero-order chi connectivity index (χ0) is 14.1. The SMILES string of the molecule is Cc1ccc(-n2nc3c(c(C#N)c2=N)CCOC3)cc1. The summed E-state index contributed by atoms with van der Waals surface area (Å²) < 4.78 is 6.90. The summed E-state index contributed by atoms with van der Waals surface area (Å²) >= 11 is 0. The normalized spacial score (nSPS) is 13.6. The van der Waals surface area contributed by atoms with E-state index in [-0.39, 0.29) is 5.49 Å². The molecule has 0 spiro atoms.